The zero-order chi connectivity index (χ0) is 18.2. The molecule has 3 aliphatic rings. The summed E-state index contributed by atoms with van der Waals surface area (Å²) in [5, 5.41) is 7.48. The van der Waals surface area contributed by atoms with Crippen molar-refractivity contribution in [3.8, 4) is 0 Å². The normalized spacial score (nSPS) is 27.9. The zero-order valence-electron chi connectivity index (χ0n) is 17.4. The number of hydrogen-bond donors (Lipinski definition) is 2. The molecule has 1 aliphatic heterocycles. The minimum Gasteiger partial charge on any atom is -0.385 e. The number of hydrogen-bond acceptors (Lipinski definition) is 3. The number of halogens is 1. The van der Waals surface area contributed by atoms with Crippen LogP contribution in [0, 0.1) is 11.8 Å². The van der Waals surface area contributed by atoms with Gasteiger partial charge in [0.05, 0.1) is 0 Å². The van der Waals surface area contributed by atoms with Gasteiger partial charge >= 0.3 is 0 Å². The number of guanidine groups is 1. The molecule has 2 aliphatic carbocycles. The molecule has 0 bridgehead atoms. The van der Waals surface area contributed by atoms with Crippen LogP contribution in [0.5, 0.6) is 0 Å². The highest BCUT2D eigenvalue weighted by Crippen LogP contribution is 2.44. The second-order valence-corrected chi connectivity index (χ2v) is 8.48. The van der Waals surface area contributed by atoms with Gasteiger partial charge in [-0.25, -0.2) is 0 Å². The lowest BCUT2D eigenvalue weighted by atomic mass is 9.85. The third-order valence-corrected chi connectivity index (χ3v) is 6.48. The van der Waals surface area contributed by atoms with Crippen molar-refractivity contribution in [3.05, 3.63) is 0 Å². The summed E-state index contributed by atoms with van der Waals surface area (Å²) >= 11 is 0. The van der Waals surface area contributed by atoms with Crippen molar-refractivity contribution >= 4 is 29.9 Å². The van der Waals surface area contributed by atoms with Crippen molar-refractivity contribution in [2.75, 3.05) is 39.9 Å². The minimum atomic E-state index is 0. The van der Waals surface area contributed by atoms with Gasteiger partial charge < -0.3 is 20.3 Å². The Labute approximate surface area is 183 Å². The number of rotatable bonds is 8. The summed E-state index contributed by atoms with van der Waals surface area (Å²) in [6, 6.07) is 1.24. The van der Waals surface area contributed by atoms with Crippen LogP contribution in [0.4, 0.5) is 0 Å². The van der Waals surface area contributed by atoms with E-state index in [0.29, 0.717) is 12.1 Å². The van der Waals surface area contributed by atoms with E-state index in [2.05, 4.69) is 22.5 Å². The summed E-state index contributed by atoms with van der Waals surface area (Å²) in [6.07, 6.45) is 12.2. The first kappa shape index (κ1) is 23.2. The second kappa shape index (κ2) is 12.5. The van der Waals surface area contributed by atoms with E-state index in [0.717, 1.165) is 37.4 Å². The molecule has 2 saturated carbocycles. The molecule has 1 heterocycles. The Hall–Kier alpha value is -0.0800. The van der Waals surface area contributed by atoms with E-state index in [1.807, 2.05) is 0 Å². The molecule has 158 valence electrons. The number of aliphatic imine (C=N–C) groups is 1. The number of ether oxygens (including phenoxy) is 1. The Morgan fingerprint density at radius 2 is 1.81 bits per heavy atom. The lowest BCUT2D eigenvalue weighted by molar-refractivity contribution is 0.155. The molecule has 0 radical (unpaired) electrons. The van der Waals surface area contributed by atoms with Gasteiger partial charge in [0.1, 0.15) is 0 Å². The molecular formula is C21H41IN4O. The summed E-state index contributed by atoms with van der Waals surface area (Å²) < 4.78 is 5.17. The van der Waals surface area contributed by atoms with E-state index in [-0.39, 0.29) is 24.0 Å². The van der Waals surface area contributed by atoms with Crippen LogP contribution in [-0.4, -0.2) is 62.8 Å². The van der Waals surface area contributed by atoms with Gasteiger partial charge in [-0.2, -0.15) is 0 Å². The van der Waals surface area contributed by atoms with Gasteiger partial charge in [0.2, 0.25) is 0 Å². The molecule has 6 heteroatoms. The Kier molecular flexibility index (Phi) is 10.7. The molecule has 0 aromatic heterocycles. The van der Waals surface area contributed by atoms with Crippen LogP contribution in [0.2, 0.25) is 0 Å². The van der Waals surface area contributed by atoms with Gasteiger partial charge in [0.25, 0.3) is 0 Å². The molecule has 5 nitrogen and oxygen atoms in total. The molecule has 0 amide bonds. The van der Waals surface area contributed by atoms with Gasteiger partial charge in [0, 0.05) is 52.0 Å². The first-order chi connectivity index (χ1) is 12.8. The fraction of sp³-hybridized carbons (Fsp3) is 0.952. The summed E-state index contributed by atoms with van der Waals surface area (Å²) in [7, 11) is 1.79. The van der Waals surface area contributed by atoms with Crippen LogP contribution in [0.15, 0.2) is 4.99 Å². The second-order valence-electron chi connectivity index (χ2n) is 8.48. The number of nitrogens with zero attached hydrogens (tertiary/aromatic N) is 2. The van der Waals surface area contributed by atoms with Gasteiger partial charge in [-0.15, -0.1) is 24.0 Å². The van der Waals surface area contributed by atoms with Gasteiger partial charge in [-0.3, -0.25) is 4.99 Å². The van der Waals surface area contributed by atoms with Gasteiger partial charge in [-0.1, -0.05) is 32.1 Å². The summed E-state index contributed by atoms with van der Waals surface area (Å²) in [4.78, 5) is 7.29. The van der Waals surface area contributed by atoms with Crippen molar-refractivity contribution in [2.45, 2.75) is 76.8 Å². The maximum Gasteiger partial charge on any atom is 0.191 e. The molecule has 3 rings (SSSR count). The van der Waals surface area contributed by atoms with Crippen molar-refractivity contribution in [1.29, 1.82) is 0 Å². The van der Waals surface area contributed by atoms with E-state index in [9.17, 15) is 0 Å². The SMILES string of the molecule is CCN=C(NC1CCN(CCCOC)CC1)NC1CC1C1CCCCC1.I. The lowest BCUT2D eigenvalue weighted by Crippen LogP contribution is -2.49. The highest BCUT2D eigenvalue weighted by molar-refractivity contribution is 14.0. The van der Waals surface area contributed by atoms with Crippen LogP contribution in [0.3, 0.4) is 0 Å². The number of nitrogens with one attached hydrogen (secondary N) is 2. The summed E-state index contributed by atoms with van der Waals surface area (Å²) in [5.74, 6) is 2.94. The fourth-order valence-corrected chi connectivity index (χ4v) is 4.86. The smallest absolute Gasteiger partial charge is 0.191 e. The lowest BCUT2D eigenvalue weighted by Gasteiger charge is -2.33. The Morgan fingerprint density at radius 1 is 1.07 bits per heavy atom. The van der Waals surface area contributed by atoms with E-state index in [1.54, 1.807) is 7.11 Å². The third kappa shape index (κ3) is 7.69. The maximum absolute atomic E-state index is 5.17. The Bertz CT molecular complexity index is 434. The van der Waals surface area contributed by atoms with Crippen LogP contribution in [0.25, 0.3) is 0 Å². The molecule has 0 spiro atoms. The van der Waals surface area contributed by atoms with Gasteiger partial charge in [0.15, 0.2) is 5.96 Å². The molecule has 2 unspecified atom stereocenters. The Morgan fingerprint density at radius 3 is 2.48 bits per heavy atom. The fourth-order valence-electron chi connectivity index (χ4n) is 4.86. The molecule has 0 aromatic carbocycles. The van der Waals surface area contributed by atoms with E-state index < -0.39 is 0 Å². The van der Waals surface area contributed by atoms with E-state index in [4.69, 9.17) is 9.73 Å². The van der Waals surface area contributed by atoms with E-state index >= 15 is 0 Å². The zero-order valence-corrected chi connectivity index (χ0v) is 19.8. The molecule has 2 N–H and O–H groups in total. The predicted molar refractivity (Wildman–Crippen MR) is 124 cm³/mol. The number of likely N-dealkylation sites (tertiary alicyclic amines) is 1. The molecular weight excluding hydrogens is 451 g/mol. The monoisotopic (exact) mass is 492 g/mol. The van der Waals surface area contributed by atoms with Crippen molar-refractivity contribution in [1.82, 2.24) is 15.5 Å². The quantitative estimate of drug-likeness (QED) is 0.235. The van der Waals surface area contributed by atoms with Crippen molar-refractivity contribution < 1.29 is 4.74 Å². The average molecular weight is 492 g/mol. The van der Waals surface area contributed by atoms with Gasteiger partial charge in [-0.05, 0) is 44.4 Å². The molecule has 27 heavy (non-hydrogen) atoms. The highest BCUT2D eigenvalue weighted by atomic mass is 127. The maximum atomic E-state index is 5.17. The summed E-state index contributed by atoms with van der Waals surface area (Å²) in [5.41, 5.74) is 0. The van der Waals surface area contributed by atoms with Crippen LogP contribution < -0.4 is 10.6 Å². The topological polar surface area (TPSA) is 48.9 Å². The molecule has 3 fully saturated rings. The first-order valence-electron chi connectivity index (χ1n) is 11.1. The Balaban J connectivity index is 0.00000261. The third-order valence-electron chi connectivity index (χ3n) is 6.48. The van der Waals surface area contributed by atoms with Crippen LogP contribution >= 0.6 is 24.0 Å². The molecule has 1 saturated heterocycles. The molecule has 0 aromatic rings. The number of piperidine rings is 1. The van der Waals surface area contributed by atoms with E-state index in [1.165, 1.54) is 71.0 Å². The van der Waals surface area contributed by atoms with Crippen LogP contribution in [-0.2, 0) is 4.74 Å². The number of methoxy groups -OCH3 is 1. The molecule has 2 atom stereocenters. The highest BCUT2D eigenvalue weighted by Gasteiger charge is 2.43. The predicted octanol–water partition coefficient (Wildman–Crippen LogP) is 3.63. The minimum absolute atomic E-state index is 0. The van der Waals surface area contributed by atoms with Crippen molar-refractivity contribution in [2.24, 2.45) is 16.8 Å². The van der Waals surface area contributed by atoms with Crippen LogP contribution in [0.1, 0.15) is 64.7 Å². The summed E-state index contributed by atoms with van der Waals surface area (Å²) in [6.45, 7) is 7.40. The standard InChI is InChI=1S/C21H40N4O.HI/c1-3-22-21(24-20-16-19(20)17-8-5-4-6-9-17)23-18-10-13-25(14-11-18)12-7-15-26-2;/h17-20H,3-16H2,1-2H3,(H2,22,23,24);1H. The first-order valence-corrected chi connectivity index (χ1v) is 11.1. The van der Waals surface area contributed by atoms with Crippen molar-refractivity contribution in [3.63, 3.8) is 0 Å². The largest absolute Gasteiger partial charge is 0.385 e. The average Bonchev–Trinajstić information content (AvgIpc) is 3.43.